The van der Waals surface area contributed by atoms with Gasteiger partial charge < -0.3 is 5.11 Å². The Morgan fingerprint density at radius 1 is 1.62 bits per heavy atom. The van der Waals surface area contributed by atoms with Gasteiger partial charge in [-0.25, -0.2) is 13.2 Å². The lowest BCUT2D eigenvalue weighted by molar-refractivity contribution is -0.136. The second-order valence-corrected chi connectivity index (χ2v) is 2.83. The van der Waals surface area contributed by atoms with Crippen molar-refractivity contribution in [2.24, 2.45) is 0 Å². The Bertz CT molecular complexity index is 469. The largest absolute Gasteiger partial charge is 0.481 e. The van der Waals surface area contributed by atoms with E-state index < -0.39 is 41.5 Å². The molecule has 16 heavy (non-hydrogen) atoms. The van der Waals surface area contributed by atoms with Gasteiger partial charge in [0, 0.05) is 11.8 Å². The summed E-state index contributed by atoms with van der Waals surface area (Å²) in [6.45, 7) is 0. The molecule has 1 rings (SSSR count). The summed E-state index contributed by atoms with van der Waals surface area (Å²) < 4.78 is 38.2. The minimum absolute atomic E-state index is 0.555. The van der Waals surface area contributed by atoms with Gasteiger partial charge in [-0.15, -0.1) is 0 Å². The van der Waals surface area contributed by atoms with Crippen molar-refractivity contribution in [1.29, 1.82) is 5.26 Å². The maximum Gasteiger partial charge on any atom is 0.308 e. The molecule has 1 N–H and O–H groups in total. The van der Waals surface area contributed by atoms with Gasteiger partial charge in [-0.05, 0) is 0 Å². The molecule has 1 aromatic rings. The van der Waals surface area contributed by atoms with Crippen molar-refractivity contribution in [1.82, 2.24) is 4.98 Å². The quantitative estimate of drug-likeness (QED) is 0.856. The molecule has 1 heterocycles. The van der Waals surface area contributed by atoms with Crippen LogP contribution in [0.1, 0.15) is 23.2 Å². The number of pyridine rings is 1. The molecule has 4 nitrogen and oxygen atoms in total. The van der Waals surface area contributed by atoms with Crippen molar-refractivity contribution in [3.63, 3.8) is 0 Å². The van der Waals surface area contributed by atoms with Gasteiger partial charge in [0.2, 0.25) is 0 Å². The third kappa shape index (κ3) is 2.28. The first kappa shape index (κ1) is 12.0. The van der Waals surface area contributed by atoms with E-state index in [1.165, 1.54) is 6.07 Å². The molecule has 0 aliphatic heterocycles. The molecule has 7 heteroatoms. The van der Waals surface area contributed by atoms with Crippen LogP contribution in [0.25, 0.3) is 0 Å². The summed E-state index contributed by atoms with van der Waals surface area (Å²) in [5.74, 6) is -2.73. The van der Waals surface area contributed by atoms with Gasteiger partial charge in [-0.2, -0.15) is 5.26 Å². The Morgan fingerprint density at radius 3 is 2.69 bits per heavy atom. The standard InChI is InChI=1S/C9H5F3N2O2/c10-7-4(2-13)3-14-8(9(11)12)5(7)1-6(15)16/h3,9H,1H2,(H,15,16). The highest BCUT2D eigenvalue weighted by molar-refractivity contribution is 5.71. The Hall–Kier alpha value is -2.10. The van der Waals surface area contributed by atoms with Crippen molar-refractivity contribution < 1.29 is 23.1 Å². The predicted octanol–water partition coefficient (Wildman–Crippen LogP) is 1.66. The Labute approximate surface area is 88.0 Å². The van der Waals surface area contributed by atoms with Crippen molar-refractivity contribution in [2.75, 3.05) is 0 Å². The number of hydrogen-bond acceptors (Lipinski definition) is 3. The second kappa shape index (κ2) is 4.61. The molecular formula is C9H5F3N2O2. The maximum atomic E-state index is 13.4. The third-order valence-electron chi connectivity index (χ3n) is 1.80. The molecule has 84 valence electrons. The lowest BCUT2D eigenvalue weighted by Crippen LogP contribution is -2.10. The van der Waals surface area contributed by atoms with Crippen LogP contribution in [-0.4, -0.2) is 16.1 Å². The van der Waals surface area contributed by atoms with E-state index in [4.69, 9.17) is 10.4 Å². The highest BCUT2D eigenvalue weighted by atomic mass is 19.3. The number of carboxylic acids is 1. The second-order valence-electron chi connectivity index (χ2n) is 2.83. The van der Waals surface area contributed by atoms with E-state index in [9.17, 15) is 18.0 Å². The van der Waals surface area contributed by atoms with Crippen molar-refractivity contribution in [2.45, 2.75) is 12.8 Å². The van der Waals surface area contributed by atoms with Gasteiger partial charge in [-0.3, -0.25) is 9.78 Å². The first-order chi connectivity index (χ1) is 7.47. The fourth-order valence-electron chi connectivity index (χ4n) is 1.13. The topological polar surface area (TPSA) is 74.0 Å². The zero-order valence-electron chi connectivity index (χ0n) is 7.75. The molecule has 0 aliphatic rings. The van der Waals surface area contributed by atoms with E-state index >= 15 is 0 Å². The number of alkyl halides is 2. The fraction of sp³-hybridized carbons (Fsp3) is 0.222. The van der Waals surface area contributed by atoms with Gasteiger partial charge in [0.15, 0.2) is 0 Å². The third-order valence-corrected chi connectivity index (χ3v) is 1.80. The van der Waals surface area contributed by atoms with Crippen LogP contribution < -0.4 is 0 Å². The lowest BCUT2D eigenvalue weighted by atomic mass is 10.1. The van der Waals surface area contributed by atoms with Gasteiger partial charge in [-0.1, -0.05) is 0 Å². The van der Waals surface area contributed by atoms with Crippen molar-refractivity contribution in [3.8, 4) is 6.07 Å². The summed E-state index contributed by atoms with van der Waals surface area (Å²) >= 11 is 0. The van der Waals surface area contributed by atoms with E-state index in [0.717, 1.165) is 0 Å². The maximum absolute atomic E-state index is 13.4. The zero-order valence-corrected chi connectivity index (χ0v) is 7.75. The predicted molar refractivity (Wildman–Crippen MR) is 45.2 cm³/mol. The highest BCUT2D eigenvalue weighted by Crippen LogP contribution is 2.24. The first-order valence-corrected chi connectivity index (χ1v) is 4.04. The van der Waals surface area contributed by atoms with Gasteiger partial charge >= 0.3 is 5.97 Å². The van der Waals surface area contributed by atoms with E-state index in [2.05, 4.69) is 4.98 Å². The number of rotatable bonds is 3. The molecule has 0 atom stereocenters. The smallest absolute Gasteiger partial charge is 0.308 e. The van der Waals surface area contributed by atoms with Crippen molar-refractivity contribution in [3.05, 3.63) is 28.8 Å². The number of halogens is 3. The zero-order chi connectivity index (χ0) is 12.3. The molecule has 0 unspecified atom stereocenters. The molecule has 0 aliphatic carbocycles. The normalized spacial score (nSPS) is 10.2. The molecule has 0 bridgehead atoms. The van der Waals surface area contributed by atoms with Crippen LogP contribution in [0.4, 0.5) is 13.2 Å². The van der Waals surface area contributed by atoms with E-state index in [1.807, 2.05) is 0 Å². The molecule has 0 amide bonds. The summed E-state index contributed by atoms with van der Waals surface area (Å²) in [5.41, 5.74) is -2.25. The molecular weight excluding hydrogens is 225 g/mol. The summed E-state index contributed by atoms with van der Waals surface area (Å²) in [4.78, 5) is 13.6. The van der Waals surface area contributed by atoms with Crippen LogP contribution in [0.5, 0.6) is 0 Å². The number of nitriles is 1. The first-order valence-electron chi connectivity index (χ1n) is 4.04. The Kier molecular flexibility index (Phi) is 3.45. The van der Waals surface area contributed by atoms with E-state index in [1.54, 1.807) is 0 Å². The fourth-order valence-corrected chi connectivity index (χ4v) is 1.13. The Morgan fingerprint density at radius 2 is 2.25 bits per heavy atom. The SMILES string of the molecule is N#Cc1cnc(C(F)F)c(CC(=O)O)c1F. The molecule has 0 saturated heterocycles. The average Bonchev–Trinajstić information content (AvgIpc) is 2.19. The number of aliphatic carboxylic acids is 1. The number of hydrogen-bond donors (Lipinski definition) is 1. The van der Waals surface area contributed by atoms with Crippen LogP contribution in [0.3, 0.4) is 0 Å². The van der Waals surface area contributed by atoms with Gasteiger partial charge in [0.05, 0.1) is 6.42 Å². The van der Waals surface area contributed by atoms with Gasteiger partial charge in [0.1, 0.15) is 23.1 Å². The summed E-state index contributed by atoms with van der Waals surface area (Å²) in [6, 6.07) is 1.40. The molecule has 0 aromatic carbocycles. The molecule has 0 spiro atoms. The van der Waals surface area contributed by atoms with Crippen LogP contribution in [0, 0.1) is 17.1 Å². The number of carboxylic acid groups (broad SMARTS) is 1. The Balaban J connectivity index is 3.37. The van der Waals surface area contributed by atoms with E-state index in [0.29, 0.717) is 6.20 Å². The summed E-state index contributed by atoms with van der Waals surface area (Å²) in [6.07, 6.45) is -3.37. The highest BCUT2D eigenvalue weighted by Gasteiger charge is 2.22. The minimum atomic E-state index is -3.09. The van der Waals surface area contributed by atoms with Crippen LogP contribution in [0.2, 0.25) is 0 Å². The minimum Gasteiger partial charge on any atom is -0.481 e. The van der Waals surface area contributed by atoms with Gasteiger partial charge in [0.25, 0.3) is 6.43 Å². The summed E-state index contributed by atoms with van der Waals surface area (Å²) in [5, 5.41) is 16.9. The lowest BCUT2D eigenvalue weighted by Gasteiger charge is -2.07. The number of aromatic nitrogens is 1. The molecule has 0 saturated carbocycles. The molecule has 1 aromatic heterocycles. The monoisotopic (exact) mass is 230 g/mol. The average molecular weight is 230 g/mol. The van der Waals surface area contributed by atoms with Crippen LogP contribution in [-0.2, 0) is 11.2 Å². The van der Waals surface area contributed by atoms with Crippen LogP contribution in [0.15, 0.2) is 6.20 Å². The van der Waals surface area contributed by atoms with Crippen LogP contribution >= 0.6 is 0 Å². The van der Waals surface area contributed by atoms with E-state index in [-0.39, 0.29) is 0 Å². The van der Waals surface area contributed by atoms with Crippen molar-refractivity contribution >= 4 is 5.97 Å². The number of carbonyl (C=O) groups is 1. The number of nitrogens with zero attached hydrogens (tertiary/aromatic N) is 2. The summed E-state index contributed by atoms with van der Waals surface area (Å²) in [7, 11) is 0. The molecule has 0 radical (unpaired) electrons. The molecule has 0 fully saturated rings.